The van der Waals surface area contributed by atoms with Gasteiger partial charge in [-0.2, -0.15) is 0 Å². The van der Waals surface area contributed by atoms with Gasteiger partial charge in [0.1, 0.15) is 0 Å². The van der Waals surface area contributed by atoms with Crippen molar-refractivity contribution in [2.24, 2.45) is 0 Å². The van der Waals surface area contributed by atoms with Crippen LogP contribution in [0.25, 0.3) is 10.8 Å². The topological polar surface area (TPSA) is 43.4 Å². The maximum atomic E-state index is 12.4. The minimum Gasteiger partial charge on any atom is -0.389 e. The monoisotopic (exact) mass is 438 g/mol. The maximum Gasteiger partial charge on any atom is 0.346 e. The summed E-state index contributed by atoms with van der Waals surface area (Å²) in [5.74, 6) is -0.967. The Balaban J connectivity index is 1.45. The first-order chi connectivity index (χ1) is 15.7. The molecule has 2 aromatic rings. The Morgan fingerprint density at radius 2 is 1.12 bits per heavy atom. The van der Waals surface area contributed by atoms with Crippen molar-refractivity contribution in [2.45, 2.75) is 110 Å². The van der Waals surface area contributed by atoms with Crippen molar-refractivity contribution < 1.29 is 14.3 Å². The molecule has 0 saturated heterocycles. The fourth-order valence-electron chi connectivity index (χ4n) is 4.25. The van der Waals surface area contributed by atoms with E-state index in [1.165, 1.54) is 77.0 Å². The quantitative estimate of drug-likeness (QED) is 0.141. The van der Waals surface area contributed by atoms with Crippen molar-refractivity contribution in [2.75, 3.05) is 0 Å². The minimum absolute atomic E-state index is 0.314. The lowest BCUT2D eigenvalue weighted by Gasteiger charge is -2.06. The average Bonchev–Trinajstić information content (AvgIpc) is 2.81. The third-order valence-electron chi connectivity index (χ3n) is 6.20. The Labute approximate surface area is 194 Å². The molecule has 0 aliphatic heterocycles. The number of hydrogen-bond acceptors (Lipinski definition) is 3. The van der Waals surface area contributed by atoms with Crippen LogP contribution in [0.15, 0.2) is 42.5 Å². The first-order valence-corrected chi connectivity index (χ1v) is 12.9. The predicted octanol–water partition coefficient (Wildman–Crippen LogP) is 8.78. The van der Waals surface area contributed by atoms with Gasteiger partial charge in [-0.3, -0.25) is 4.79 Å². The fraction of sp³-hybridized carbons (Fsp3) is 0.586. The van der Waals surface area contributed by atoms with Crippen molar-refractivity contribution >= 4 is 22.7 Å². The van der Waals surface area contributed by atoms with Crippen LogP contribution in [-0.4, -0.2) is 11.9 Å². The highest BCUT2D eigenvalue weighted by molar-refractivity contribution is 6.07. The van der Waals surface area contributed by atoms with Crippen LogP contribution in [0, 0.1) is 0 Å². The molecule has 2 rings (SSSR count). The Kier molecular flexibility index (Phi) is 13.4. The van der Waals surface area contributed by atoms with Gasteiger partial charge in [0, 0.05) is 6.42 Å². The second-order valence-corrected chi connectivity index (χ2v) is 8.99. The van der Waals surface area contributed by atoms with E-state index in [1.807, 2.05) is 36.4 Å². The zero-order valence-electron chi connectivity index (χ0n) is 20.1. The van der Waals surface area contributed by atoms with Gasteiger partial charge in [-0.25, -0.2) is 4.79 Å². The molecule has 0 aromatic heterocycles. The van der Waals surface area contributed by atoms with Gasteiger partial charge in [-0.05, 0) is 23.3 Å². The Hall–Kier alpha value is -2.16. The van der Waals surface area contributed by atoms with Crippen molar-refractivity contribution in [3.63, 3.8) is 0 Å². The van der Waals surface area contributed by atoms with Crippen molar-refractivity contribution in [3.05, 3.63) is 48.0 Å². The van der Waals surface area contributed by atoms with Gasteiger partial charge in [-0.1, -0.05) is 133 Å². The van der Waals surface area contributed by atoms with Gasteiger partial charge in [0.25, 0.3) is 0 Å². The van der Waals surface area contributed by atoms with Crippen LogP contribution in [0.1, 0.15) is 120 Å². The van der Waals surface area contributed by atoms with E-state index in [9.17, 15) is 9.59 Å². The lowest BCUT2D eigenvalue weighted by molar-refractivity contribution is -0.138. The summed E-state index contributed by atoms with van der Waals surface area (Å²) in [6.45, 7) is 2.27. The van der Waals surface area contributed by atoms with E-state index in [0.29, 0.717) is 12.0 Å². The summed E-state index contributed by atoms with van der Waals surface area (Å²) in [7, 11) is 0. The van der Waals surface area contributed by atoms with Gasteiger partial charge >= 0.3 is 11.9 Å². The van der Waals surface area contributed by atoms with E-state index < -0.39 is 11.9 Å². The molecule has 0 amide bonds. The highest BCUT2D eigenvalue weighted by atomic mass is 16.6. The third-order valence-corrected chi connectivity index (χ3v) is 6.20. The summed E-state index contributed by atoms with van der Waals surface area (Å²) in [5, 5.41) is 1.79. The average molecular weight is 439 g/mol. The molecular formula is C29H42O3. The Bertz CT molecular complexity index is 791. The van der Waals surface area contributed by atoms with Crippen LogP contribution >= 0.6 is 0 Å². The molecule has 0 aliphatic rings. The highest BCUT2D eigenvalue weighted by Gasteiger charge is 2.15. The normalized spacial score (nSPS) is 11.0. The highest BCUT2D eigenvalue weighted by Crippen LogP contribution is 2.20. The van der Waals surface area contributed by atoms with E-state index in [1.54, 1.807) is 6.07 Å². The van der Waals surface area contributed by atoms with Crippen molar-refractivity contribution in [3.8, 4) is 0 Å². The maximum absolute atomic E-state index is 12.4. The molecule has 0 radical (unpaired) electrons. The first kappa shape index (κ1) is 26.1. The second-order valence-electron chi connectivity index (χ2n) is 8.99. The molecule has 2 aromatic carbocycles. The van der Waals surface area contributed by atoms with Gasteiger partial charge in [0.15, 0.2) is 0 Å². The summed E-state index contributed by atoms with van der Waals surface area (Å²) in [6, 6.07) is 13.1. The molecule has 176 valence electrons. The van der Waals surface area contributed by atoms with Crippen molar-refractivity contribution in [1.29, 1.82) is 0 Å². The largest absolute Gasteiger partial charge is 0.389 e. The number of carbonyl (C=O) groups is 2. The second kappa shape index (κ2) is 16.5. The zero-order chi connectivity index (χ0) is 22.9. The van der Waals surface area contributed by atoms with Crippen LogP contribution in [-0.2, 0) is 9.53 Å². The minimum atomic E-state index is -0.548. The SMILES string of the molecule is CCCCCCCCCCCCCCCCCC(=O)OC(=O)c1cccc2ccccc12. The first-order valence-electron chi connectivity index (χ1n) is 12.9. The van der Waals surface area contributed by atoms with Gasteiger partial charge < -0.3 is 4.74 Å². The summed E-state index contributed by atoms with van der Waals surface area (Å²) in [6.07, 6.45) is 19.6. The molecule has 3 heteroatoms. The number of esters is 2. The number of rotatable bonds is 17. The van der Waals surface area contributed by atoms with E-state index >= 15 is 0 Å². The predicted molar refractivity (Wildman–Crippen MR) is 134 cm³/mol. The number of benzene rings is 2. The molecule has 0 fully saturated rings. The van der Waals surface area contributed by atoms with E-state index in [4.69, 9.17) is 4.74 Å². The van der Waals surface area contributed by atoms with Gasteiger partial charge in [0.2, 0.25) is 0 Å². The molecule has 0 N–H and O–H groups in total. The molecule has 0 atom stereocenters. The molecule has 32 heavy (non-hydrogen) atoms. The van der Waals surface area contributed by atoms with Gasteiger partial charge in [0.05, 0.1) is 5.56 Å². The number of hydrogen-bond donors (Lipinski definition) is 0. The number of unbranched alkanes of at least 4 members (excludes halogenated alkanes) is 14. The lowest BCUT2D eigenvalue weighted by atomic mass is 10.0. The fourth-order valence-corrected chi connectivity index (χ4v) is 4.25. The van der Waals surface area contributed by atoms with Crippen LogP contribution < -0.4 is 0 Å². The molecule has 0 aliphatic carbocycles. The molecule has 0 saturated carbocycles. The molecular weight excluding hydrogens is 396 g/mol. The number of carbonyl (C=O) groups excluding carboxylic acids is 2. The van der Waals surface area contributed by atoms with Gasteiger partial charge in [-0.15, -0.1) is 0 Å². The summed E-state index contributed by atoms with van der Waals surface area (Å²) < 4.78 is 5.09. The molecule has 0 heterocycles. The lowest BCUT2D eigenvalue weighted by Crippen LogP contribution is -2.12. The van der Waals surface area contributed by atoms with Crippen LogP contribution in [0.5, 0.6) is 0 Å². The zero-order valence-corrected chi connectivity index (χ0v) is 20.1. The van der Waals surface area contributed by atoms with Crippen LogP contribution in [0.4, 0.5) is 0 Å². The number of fused-ring (bicyclic) bond motifs is 1. The van der Waals surface area contributed by atoms with Crippen LogP contribution in [0.2, 0.25) is 0 Å². The van der Waals surface area contributed by atoms with Crippen LogP contribution in [0.3, 0.4) is 0 Å². The molecule has 0 bridgehead atoms. The standard InChI is InChI=1S/C29H42O3/c1-2-3-4-5-6-7-8-9-10-11-12-13-14-15-16-24-28(30)32-29(31)27-23-19-21-25-20-17-18-22-26(25)27/h17-23H,2-16,24H2,1H3. The van der Waals surface area contributed by atoms with E-state index in [-0.39, 0.29) is 0 Å². The van der Waals surface area contributed by atoms with E-state index in [0.717, 1.165) is 30.0 Å². The molecule has 3 nitrogen and oxygen atoms in total. The van der Waals surface area contributed by atoms with E-state index in [2.05, 4.69) is 6.92 Å². The molecule has 0 unspecified atom stereocenters. The number of ether oxygens (including phenoxy) is 1. The smallest absolute Gasteiger partial charge is 0.346 e. The Morgan fingerprint density at radius 1 is 0.625 bits per heavy atom. The molecule has 0 spiro atoms. The third kappa shape index (κ3) is 10.4. The summed E-state index contributed by atoms with van der Waals surface area (Å²) in [5.41, 5.74) is 0.452. The summed E-state index contributed by atoms with van der Waals surface area (Å²) in [4.78, 5) is 24.4. The van der Waals surface area contributed by atoms with Crippen molar-refractivity contribution in [1.82, 2.24) is 0 Å². The summed E-state index contributed by atoms with van der Waals surface area (Å²) >= 11 is 0. The Morgan fingerprint density at radius 3 is 1.72 bits per heavy atom.